The summed E-state index contributed by atoms with van der Waals surface area (Å²) in [7, 11) is 0. The number of benzene rings is 2. The van der Waals surface area contributed by atoms with Crippen LogP contribution in [0.2, 0.25) is 5.02 Å². The largest absolute Gasteiger partial charge is 0.492 e. The van der Waals surface area contributed by atoms with Gasteiger partial charge in [-0.05, 0) is 101 Å². The highest BCUT2D eigenvalue weighted by atomic mass is 35.5. The maximum Gasteiger partial charge on any atom is 0.119 e. The van der Waals surface area contributed by atoms with Crippen molar-refractivity contribution >= 4 is 11.6 Å². The molecule has 0 unspecified atom stereocenters. The van der Waals surface area contributed by atoms with Crippen LogP contribution < -0.4 is 4.74 Å². The highest BCUT2D eigenvalue weighted by Crippen LogP contribution is 2.37. The van der Waals surface area contributed by atoms with E-state index in [2.05, 4.69) is 49.4 Å². The van der Waals surface area contributed by atoms with Gasteiger partial charge in [-0.3, -0.25) is 4.90 Å². The molecule has 0 saturated carbocycles. The minimum Gasteiger partial charge on any atom is -0.492 e. The second-order valence-corrected chi connectivity index (χ2v) is 10.6. The molecule has 3 aromatic rings. The van der Waals surface area contributed by atoms with Crippen LogP contribution in [0.3, 0.4) is 0 Å². The lowest BCUT2D eigenvalue weighted by Crippen LogP contribution is -2.59. The molecule has 1 aliphatic rings. The van der Waals surface area contributed by atoms with Crippen molar-refractivity contribution in [3.8, 4) is 28.7 Å². The first kappa shape index (κ1) is 24.3. The van der Waals surface area contributed by atoms with Crippen molar-refractivity contribution in [3.05, 3.63) is 83.1 Å². The summed E-state index contributed by atoms with van der Waals surface area (Å²) in [5, 5.41) is 0.727. The Morgan fingerprint density at radius 1 is 0.853 bits per heavy atom. The second kappa shape index (κ2) is 10.2. The smallest absolute Gasteiger partial charge is 0.119 e. The number of likely N-dealkylation sites (tertiary alicyclic amines) is 1. The minimum absolute atomic E-state index is 0.214. The van der Waals surface area contributed by atoms with Gasteiger partial charge in [-0.2, -0.15) is 0 Å². The SMILES string of the molecule is CC1(C)CCCC(C)(C)N1CCOc1ccc(C#Cc2ccc(-c3ccc(Cl)cc3)cn2)cc1. The molecule has 1 aliphatic heterocycles. The van der Waals surface area contributed by atoms with Crippen LogP contribution in [0.1, 0.15) is 58.2 Å². The van der Waals surface area contributed by atoms with Gasteiger partial charge in [0.15, 0.2) is 0 Å². The van der Waals surface area contributed by atoms with Crippen LogP contribution in [0.4, 0.5) is 0 Å². The number of piperidine rings is 1. The number of halogens is 1. The van der Waals surface area contributed by atoms with Crippen LogP contribution in [-0.2, 0) is 0 Å². The van der Waals surface area contributed by atoms with Crippen LogP contribution in [0.25, 0.3) is 11.1 Å². The molecule has 0 spiro atoms. The normalized spacial score (nSPS) is 17.0. The molecule has 0 N–H and O–H groups in total. The monoisotopic (exact) mass is 472 g/mol. The second-order valence-electron chi connectivity index (χ2n) is 10.2. The van der Waals surface area contributed by atoms with E-state index >= 15 is 0 Å². The van der Waals surface area contributed by atoms with Gasteiger partial charge in [-0.15, -0.1) is 0 Å². The predicted molar refractivity (Wildman–Crippen MR) is 141 cm³/mol. The quantitative estimate of drug-likeness (QED) is 0.366. The molecule has 1 saturated heterocycles. The summed E-state index contributed by atoms with van der Waals surface area (Å²) in [6.07, 6.45) is 5.61. The van der Waals surface area contributed by atoms with E-state index in [9.17, 15) is 0 Å². The molecular formula is C30H33ClN2O. The number of hydrogen-bond acceptors (Lipinski definition) is 3. The molecule has 34 heavy (non-hydrogen) atoms. The van der Waals surface area contributed by atoms with Crippen molar-refractivity contribution in [1.82, 2.24) is 9.88 Å². The van der Waals surface area contributed by atoms with Crippen molar-refractivity contribution in [3.63, 3.8) is 0 Å². The molecule has 4 rings (SSSR count). The van der Waals surface area contributed by atoms with E-state index in [0.29, 0.717) is 6.61 Å². The molecule has 4 heteroatoms. The van der Waals surface area contributed by atoms with Gasteiger partial charge in [-0.1, -0.05) is 35.7 Å². The van der Waals surface area contributed by atoms with Crippen molar-refractivity contribution < 1.29 is 4.74 Å². The van der Waals surface area contributed by atoms with Crippen molar-refractivity contribution in [2.75, 3.05) is 13.2 Å². The summed E-state index contributed by atoms with van der Waals surface area (Å²) in [5.41, 5.74) is 4.23. The topological polar surface area (TPSA) is 25.4 Å². The first-order chi connectivity index (χ1) is 16.2. The van der Waals surface area contributed by atoms with Crippen LogP contribution in [0, 0.1) is 11.8 Å². The Labute approximate surface area is 209 Å². The average Bonchev–Trinajstić information content (AvgIpc) is 2.81. The van der Waals surface area contributed by atoms with Crippen molar-refractivity contribution in [2.45, 2.75) is 58.0 Å². The Morgan fingerprint density at radius 3 is 2.12 bits per heavy atom. The molecule has 176 valence electrons. The Morgan fingerprint density at radius 2 is 1.50 bits per heavy atom. The fourth-order valence-corrected chi connectivity index (χ4v) is 5.08. The summed E-state index contributed by atoms with van der Waals surface area (Å²) in [6.45, 7) is 11.0. The zero-order valence-electron chi connectivity index (χ0n) is 20.6. The number of hydrogen-bond donors (Lipinski definition) is 0. The van der Waals surface area contributed by atoms with Gasteiger partial charge in [0.05, 0.1) is 0 Å². The van der Waals surface area contributed by atoms with E-state index in [-0.39, 0.29) is 11.1 Å². The molecule has 1 fully saturated rings. The molecule has 0 atom stereocenters. The maximum absolute atomic E-state index is 6.07. The number of aromatic nitrogens is 1. The first-order valence-corrected chi connectivity index (χ1v) is 12.4. The van der Waals surface area contributed by atoms with Crippen LogP contribution in [0.5, 0.6) is 5.75 Å². The first-order valence-electron chi connectivity index (χ1n) is 12.0. The Kier molecular flexibility index (Phi) is 7.31. The number of ether oxygens (including phenoxy) is 1. The number of rotatable bonds is 5. The third kappa shape index (κ3) is 6.00. The van der Waals surface area contributed by atoms with Gasteiger partial charge in [0.2, 0.25) is 0 Å². The molecule has 0 radical (unpaired) electrons. The third-order valence-electron chi connectivity index (χ3n) is 6.75. The van der Waals surface area contributed by atoms with Gasteiger partial charge >= 0.3 is 0 Å². The number of pyridine rings is 1. The Balaban J connectivity index is 1.32. The highest BCUT2D eigenvalue weighted by Gasteiger charge is 2.40. The molecule has 2 aromatic carbocycles. The lowest BCUT2D eigenvalue weighted by molar-refractivity contribution is -0.0340. The molecule has 3 nitrogen and oxygen atoms in total. The van der Waals surface area contributed by atoms with Crippen molar-refractivity contribution in [2.24, 2.45) is 0 Å². The number of nitrogens with zero attached hydrogens (tertiary/aromatic N) is 2. The van der Waals surface area contributed by atoms with E-state index in [1.165, 1.54) is 19.3 Å². The Hall–Kier alpha value is -2.80. The van der Waals surface area contributed by atoms with E-state index < -0.39 is 0 Å². The third-order valence-corrected chi connectivity index (χ3v) is 7.00. The van der Waals surface area contributed by atoms with Gasteiger partial charge in [-0.25, -0.2) is 4.98 Å². The lowest BCUT2D eigenvalue weighted by Gasteiger charge is -2.53. The molecule has 2 heterocycles. The molecule has 0 aliphatic carbocycles. The molecule has 0 amide bonds. The van der Waals surface area contributed by atoms with Crippen LogP contribution in [0.15, 0.2) is 66.9 Å². The Bertz CT molecular complexity index is 1140. The van der Waals surface area contributed by atoms with E-state index in [0.717, 1.165) is 39.7 Å². The summed E-state index contributed by atoms with van der Waals surface area (Å²) in [4.78, 5) is 7.09. The maximum atomic E-state index is 6.07. The zero-order chi connectivity index (χ0) is 24.2. The van der Waals surface area contributed by atoms with E-state index in [1.807, 2.05) is 66.9 Å². The molecule has 1 aromatic heterocycles. The minimum atomic E-state index is 0.214. The zero-order valence-corrected chi connectivity index (χ0v) is 21.3. The fraction of sp³-hybridized carbons (Fsp3) is 0.367. The summed E-state index contributed by atoms with van der Waals surface area (Å²) in [5.74, 6) is 7.21. The highest BCUT2D eigenvalue weighted by molar-refractivity contribution is 6.30. The fourth-order valence-electron chi connectivity index (χ4n) is 4.95. The lowest BCUT2D eigenvalue weighted by atomic mass is 9.80. The summed E-state index contributed by atoms with van der Waals surface area (Å²) < 4.78 is 6.07. The molecule has 0 bridgehead atoms. The van der Waals surface area contributed by atoms with Gasteiger partial charge in [0, 0.05) is 40.0 Å². The van der Waals surface area contributed by atoms with Crippen LogP contribution >= 0.6 is 11.6 Å². The van der Waals surface area contributed by atoms with Gasteiger partial charge in [0.25, 0.3) is 0 Å². The predicted octanol–water partition coefficient (Wildman–Crippen LogP) is 7.22. The van der Waals surface area contributed by atoms with Crippen molar-refractivity contribution in [1.29, 1.82) is 0 Å². The van der Waals surface area contributed by atoms with Gasteiger partial charge in [0.1, 0.15) is 18.1 Å². The summed E-state index contributed by atoms with van der Waals surface area (Å²) >= 11 is 5.97. The van der Waals surface area contributed by atoms with Gasteiger partial charge < -0.3 is 4.74 Å². The molecular weight excluding hydrogens is 440 g/mol. The standard InChI is InChI=1S/C30H33ClN2O/c1-29(2)18-5-19-30(3,4)33(29)20-21-34-28-16-7-23(8-17-28)6-14-27-15-11-25(22-32-27)24-9-12-26(31)13-10-24/h7-13,15-17,22H,5,18-21H2,1-4H3. The average molecular weight is 473 g/mol. The van der Waals surface area contributed by atoms with Crippen LogP contribution in [-0.4, -0.2) is 34.1 Å². The van der Waals surface area contributed by atoms with E-state index in [4.69, 9.17) is 16.3 Å². The van der Waals surface area contributed by atoms with E-state index in [1.54, 1.807) is 0 Å². The summed E-state index contributed by atoms with van der Waals surface area (Å²) in [6, 6.07) is 19.7.